The summed E-state index contributed by atoms with van der Waals surface area (Å²) < 4.78 is 15.1. The summed E-state index contributed by atoms with van der Waals surface area (Å²) in [6, 6.07) is 8.13. The molecule has 2 aromatic rings. The lowest BCUT2D eigenvalue weighted by Gasteiger charge is -2.15. The van der Waals surface area contributed by atoms with Gasteiger partial charge in [0.25, 0.3) is 0 Å². The van der Waals surface area contributed by atoms with E-state index in [9.17, 15) is 9.50 Å². The fourth-order valence-electron chi connectivity index (χ4n) is 1.65. The van der Waals surface area contributed by atoms with E-state index < -0.39 is 11.9 Å². The predicted octanol–water partition coefficient (Wildman–Crippen LogP) is 5.74. The lowest BCUT2D eigenvalue weighted by atomic mass is 10.0. The van der Waals surface area contributed by atoms with Crippen LogP contribution in [-0.4, -0.2) is 5.11 Å². The average Bonchev–Trinajstić information content (AvgIpc) is 2.39. The molecule has 1 unspecified atom stereocenters. The Balaban J connectivity index is 2.53. The van der Waals surface area contributed by atoms with E-state index in [-0.39, 0.29) is 10.6 Å². The Hall–Kier alpha value is -0.130. The average molecular weight is 429 g/mol. The molecule has 0 saturated carbocycles. The van der Waals surface area contributed by atoms with Gasteiger partial charge < -0.3 is 5.11 Å². The van der Waals surface area contributed by atoms with Gasteiger partial charge in [-0.1, -0.05) is 41.4 Å². The van der Waals surface area contributed by atoms with Crippen LogP contribution in [0, 0.1) is 5.82 Å². The standard InChI is InChI=1S/C13H7Br2Cl2FO/c14-8-3-1-2-6(10(8)16)13(19)7-4-5-9(15)11(17)12(7)18/h1-5,13,19H. The summed E-state index contributed by atoms with van der Waals surface area (Å²) >= 11 is 18.3. The topological polar surface area (TPSA) is 20.2 Å². The molecular formula is C13H7Br2Cl2FO. The molecule has 0 radical (unpaired) electrons. The molecule has 1 N–H and O–H groups in total. The molecule has 0 aromatic heterocycles. The van der Waals surface area contributed by atoms with Crippen molar-refractivity contribution < 1.29 is 9.50 Å². The molecule has 2 aromatic carbocycles. The Morgan fingerprint density at radius 2 is 1.58 bits per heavy atom. The molecule has 19 heavy (non-hydrogen) atoms. The van der Waals surface area contributed by atoms with Crippen LogP contribution in [0.15, 0.2) is 39.3 Å². The minimum absolute atomic E-state index is 0.0670. The van der Waals surface area contributed by atoms with Gasteiger partial charge in [0, 0.05) is 20.1 Å². The first kappa shape index (κ1) is 15.3. The monoisotopic (exact) mass is 426 g/mol. The molecular weight excluding hydrogens is 422 g/mol. The first-order valence-corrected chi connectivity index (χ1v) is 7.53. The highest BCUT2D eigenvalue weighted by Gasteiger charge is 2.21. The summed E-state index contributed by atoms with van der Waals surface area (Å²) in [5, 5.41) is 10.5. The summed E-state index contributed by atoms with van der Waals surface area (Å²) in [5.74, 6) is -0.667. The third-order valence-electron chi connectivity index (χ3n) is 2.64. The summed E-state index contributed by atoms with van der Waals surface area (Å²) in [4.78, 5) is 0. The van der Waals surface area contributed by atoms with Crippen molar-refractivity contribution in [3.05, 3.63) is 66.3 Å². The smallest absolute Gasteiger partial charge is 0.149 e. The van der Waals surface area contributed by atoms with Gasteiger partial charge in [-0.3, -0.25) is 0 Å². The Morgan fingerprint density at radius 3 is 2.26 bits per heavy atom. The first-order valence-electron chi connectivity index (χ1n) is 5.19. The van der Waals surface area contributed by atoms with Crippen molar-refractivity contribution in [3.8, 4) is 0 Å². The number of benzene rings is 2. The maximum absolute atomic E-state index is 14.1. The minimum Gasteiger partial charge on any atom is -0.383 e. The second kappa shape index (κ2) is 6.10. The van der Waals surface area contributed by atoms with Crippen LogP contribution in [0.2, 0.25) is 10.0 Å². The molecule has 1 atom stereocenters. The molecule has 0 heterocycles. The van der Waals surface area contributed by atoms with Crippen LogP contribution in [-0.2, 0) is 0 Å². The van der Waals surface area contributed by atoms with Crippen LogP contribution in [0.5, 0.6) is 0 Å². The summed E-state index contributed by atoms with van der Waals surface area (Å²) in [5.41, 5.74) is 0.488. The number of rotatable bonds is 2. The molecule has 6 heteroatoms. The van der Waals surface area contributed by atoms with Crippen molar-refractivity contribution in [1.29, 1.82) is 0 Å². The quantitative estimate of drug-likeness (QED) is 0.605. The third kappa shape index (κ3) is 2.98. The van der Waals surface area contributed by atoms with E-state index in [1.54, 1.807) is 24.3 Å². The molecule has 0 aliphatic rings. The van der Waals surface area contributed by atoms with Gasteiger partial charge in [0.05, 0.1) is 10.0 Å². The predicted molar refractivity (Wildman–Crippen MR) is 82.3 cm³/mol. The van der Waals surface area contributed by atoms with Crippen LogP contribution in [0.1, 0.15) is 17.2 Å². The van der Waals surface area contributed by atoms with E-state index in [1.807, 2.05) is 0 Å². The number of hydrogen-bond donors (Lipinski definition) is 1. The fraction of sp³-hybridized carbons (Fsp3) is 0.0769. The molecule has 0 aliphatic carbocycles. The molecule has 1 nitrogen and oxygen atoms in total. The van der Waals surface area contributed by atoms with Gasteiger partial charge in [-0.15, -0.1) is 0 Å². The lowest BCUT2D eigenvalue weighted by molar-refractivity contribution is 0.215. The second-order valence-electron chi connectivity index (χ2n) is 3.81. The number of aliphatic hydroxyl groups excluding tert-OH is 1. The number of halogens is 5. The van der Waals surface area contributed by atoms with Crippen LogP contribution < -0.4 is 0 Å². The van der Waals surface area contributed by atoms with E-state index in [1.165, 1.54) is 6.07 Å². The van der Waals surface area contributed by atoms with Crippen molar-refractivity contribution >= 4 is 55.1 Å². The Labute approximate surface area is 136 Å². The SMILES string of the molecule is OC(c1ccc(Br)c(Cl)c1F)c1cccc(Br)c1Cl. The highest BCUT2D eigenvalue weighted by atomic mass is 79.9. The third-order valence-corrected chi connectivity index (χ3v) is 5.21. The Morgan fingerprint density at radius 1 is 0.947 bits per heavy atom. The van der Waals surface area contributed by atoms with E-state index in [2.05, 4.69) is 31.9 Å². The van der Waals surface area contributed by atoms with Crippen LogP contribution >= 0.6 is 55.1 Å². The van der Waals surface area contributed by atoms with Crippen molar-refractivity contribution in [2.45, 2.75) is 6.10 Å². The zero-order valence-corrected chi connectivity index (χ0v) is 14.0. The largest absolute Gasteiger partial charge is 0.383 e. The van der Waals surface area contributed by atoms with Crippen LogP contribution in [0.3, 0.4) is 0 Å². The molecule has 100 valence electrons. The number of aliphatic hydroxyl groups is 1. The summed E-state index contributed by atoms with van der Waals surface area (Å²) in [6.07, 6.45) is -1.18. The summed E-state index contributed by atoms with van der Waals surface area (Å²) in [7, 11) is 0. The van der Waals surface area contributed by atoms with Gasteiger partial charge in [0.15, 0.2) is 0 Å². The fourth-order valence-corrected chi connectivity index (χ4v) is 2.74. The summed E-state index contributed by atoms with van der Waals surface area (Å²) in [6.45, 7) is 0. The van der Waals surface area contributed by atoms with Gasteiger partial charge in [-0.2, -0.15) is 0 Å². The van der Waals surface area contributed by atoms with E-state index >= 15 is 0 Å². The molecule has 0 bridgehead atoms. The van der Waals surface area contributed by atoms with E-state index in [0.29, 0.717) is 19.5 Å². The Kier molecular flexibility index (Phi) is 4.90. The zero-order chi connectivity index (χ0) is 14.2. The molecule has 0 saturated heterocycles. The molecule has 0 fully saturated rings. The molecule has 2 rings (SSSR count). The van der Waals surface area contributed by atoms with Gasteiger partial charge in [-0.25, -0.2) is 4.39 Å². The highest BCUT2D eigenvalue weighted by Crippen LogP contribution is 2.37. The maximum atomic E-state index is 14.1. The van der Waals surface area contributed by atoms with Crippen molar-refractivity contribution in [2.24, 2.45) is 0 Å². The van der Waals surface area contributed by atoms with Crippen molar-refractivity contribution in [3.63, 3.8) is 0 Å². The lowest BCUT2D eigenvalue weighted by Crippen LogP contribution is -2.04. The van der Waals surface area contributed by atoms with Crippen molar-refractivity contribution in [2.75, 3.05) is 0 Å². The molecule has 0 aliphatic heterocycles. The van der Waals surface area contributed by atoms with Gasteiger partial charge in [-0.05, 0) is 44.0 Å². The highest BCUT2D eigenvalue weighted by molar-refractivity contribution is 9.10. The molecule has 0 amide bonds. The normalized spacial score (nSPS) is 12.5. The number of hydrogen-bond acceptors (Lipinski definition) is 1. The van der Waals surface area contributed by atoms with E-state index in [4.69, 9.17) is 23.2 Å². The maximum Gasteiger partial charge on any atom is 0.149 e. The van der Waals surface area contributed by atoms with Gasteiger partial charge >= 0.3 is 0 Å². The van der Waals surface area contributed by atoms with Crippen molar-refractivity contribution in [1.82, 2.24) is 0 Å². The minimum atomic E-state index is -1.18. The first-order chi connectivity index (χ1) is 8.93. The zero-order valence-electron chi connectivity index (χ0n) is 9.30. The Bertz CT molecular complexity index is 634. The second-order valence-corrected chi connectivity index (χ2v) is 6.27. The van der Waals surface area contributed by atoms with Crippen LogP contribution in [0.25, 0.3) is 0 Å². The van der Waals surface area contributed by atoms with Gasteiger partial charge in [0.1, 0.15) is 11.9 Å². The van der Waals surface area contributed by atoms with E-state index in [0.717, 1.165) is 0 Å². The molecule has 0 spiro atoms. The van der Waals surface area contributed by atoms with Gasteiger partial charge in [0.2, 0.25) is 0 Å². The van der Waals surface area contributed by atoms with Crippen LogP contribution in [0.4, 0.5) is 4.39 Å².